The van der Waals surface area contributed by atoms with Gasteiger partial charge in [0.05, 0.1) is 28.1 Å². The van der Waals surface area contributed by atoms with Crippen LogP contribution >= 0.6 is 0 Å². The Morgan fingerprint density at radius 1 is 0.750 bits per heavy atom. The molecule has 0 aliphatic heterocycles. The summed E-state index contributed by atoms with van der Waals surface area (Å²) in [5.74, 6) is 7.55. The van der Waals surface area contributed by atoms with E-state index in [9.17, 15) is 0 Å². The van der Waals surface area contributed by atoms with Crippen molar-refractivity contribution in [2.45, 2.75) is 44.4 Å². The number of hydrogen-bond acceptors (Lipinski definition) is 4. The zero-order valence-electron chi connectivity index (χ0n) is 36.5. The number of nitrogens with zero attached hydrogens (tertiary/aromatic N) is 4. The fourth-order valence-electron chi connectivity index (χ4n) is 7.83. The summed E-state index contributed by atoms with van der Waals surface area (Å²) in [6.07, 6.45) is 0.562. The first-order valence-electron chi connectivity index (χ1n) is 21.1. The maximum absolute atomic E-state index is 8.56. The molecule has 0 aliphatic rings. The molecule has 299 valence electrons. The molecule has 4 aromatic heterocycles. The molecule has 10 aromatic rings. The minimum Gasteiger partial charge on any atom is 0 e. The second-order valence-corrected chi connectivity index (χ2v) is 26.8. The summed E-state index contributed by atoms with van der Waals surface area (Å²) < 4.78 is 27.0. The second-order valence-electron chi connectivity index (χ2n) is 16.3. The van der Waals surface area contributed by atoms with Gasteiger partial charge >= 0.3 is 128 Å². The van der Waals surface area contributed by atoms with Crippen molar-refractivity contribution in [3.05, 3.63) is 175 Å². The average molecular weight is 1020 g/mol. The normalized spacial score (nSPS) is 12.3. The van der Waals surface area contributed by atoms with Crippen LogP contribution in [0.5, 0.6) is 0 Å². The predicted octanol–water partition coefficient (Wildman–Crippen LogP) is 13.2. The van der Waals surface area contributed by atoms with Gasteiger partial charge in [0.15, 0.2) is 0 Å². The van der Waals surface area contributed by atoms with E-state index in [0.29, 0.717) is 5.71 Å². The largest absolute Gasteiger partial charge is 0 e. The Bertz CT molecular complexity index is 3210. The van der Waals surface area contributed by atoms with Gasteiger partial charge in [-0.2, -0.15) is 0 Å². The van der Waals surface area contributed by atoms with Crippen molar-refractivity contribution in [3.63, 3.8) is 0 Å². The van der Waals surface area contributed by atoms with Crippen molar-refractivity contribution in [3.8, 4) is 39.5 Å². The van der Waals surface area contributed by atoms with Crippen molar-refractivity contribution >= 4 is 61.5 Å². The van der Waals surface area contributed by atoms with E-state index in [1.54, 1.807) is 0 Å². The molecule has 0 N–H and O–H groups in total. The number of aromatic nitrogens is 4. The molecule has 5 nitrogen and oxygen atoms in total. The van der Waals surface area contributed by atoms with Gasteiger partial charge in [0.2, 0.25) is 5.71 Å². The number of furan rings is 1. The maximum Gasteiger partial charge on any atom is 0 e. The predicted molar refractivity (Wildman–Crippen MR) is 248 cm³/mol. The Labute approximate surface area is 371 Å². The average Bonchev–Trinajstić information content (AvgIpc) is 3.84. The standard InChI is InChI=1S/C35H22N3O.C18H24GeN.Ir/c1-22-18-20-28-27-14-9-15-29(33(27)39-35(28)36-22)34-37-30-16-7-8-17-31(30)38(34)32-25-13-6-5-12-24(25)19-21-26(32)23-10-3-2-4-11-23;1-14(2)11-16-12-18(15-9-7-6-8-10-15)20-13-17(16)19(3,4)5;/h2-14,16-21H,1H3;6-9,12-14H,11H2,1-5H3;/q2*-1;/i;11D2;. The molecular formula is C53H46GeIrN4O-2. The van der Waals surface area contributed by atoms with Gasteiger partial charge in [-0.3, -0.25) is 4.98 Å². The summed E-state index contributed by atoms with van der Waals surface area (Å²) in [4.78, 5) is 14.4. The monoisotopic (exact) mass is 1020 g/mol. The van der Waals surface area contributed by atoms with E-state index in [4.69, 9.17) is 12.1 Å². The minimum atomic E-state index is -2.20. The fraction of sp³-hybridized carbons (Fsp3) is 0.151. The third-order valence-electron chi connectivity index (χ3n) is 10.6. The number of fused-ring (bicyclic) bond motifs is 5. The zero-order chi connectivity index (χ0) is 42.5. The molecular weight excluding hydrogens is 973 g/mol. The summed E-state index contributed by atoms with van der Waals surface area (Å²) >= 11 is -2.20. The fourth-order valence-corrected chi connectivity index (χ4v) is 10.8. The topological polar surface area (TPSA) is 56.7 Å². The molecule has 0 aliphatic carbocycles. The van der Waals surface area contributed by atoms with E-state index < -0.39 is 19.6 Å². The van der Waals surface area contributed by atoms with Gasteiger partial charge in [-0.05, 0) is 42.1 Å². The van der Waals surface area contributed by atoms with E-state index in [1.807, 2.05) is 81.6 Å². The van der Waals surface area contributed by atoms with E-state index in [1.165, 1.54) is 5.39 Å². The molecule has 0 bridgehead atoms. The third kappa shape index (κ3) is 8.00. The first kappa shape index (κ1) is 38.5. The Hall–Kier alpha value is -5.66. The third-order valence-corrected chi connectivity index (χ3v) is 14.8. The Morgan fingerprint density at radius 2 is 1.52 bits per heavy atom. The summed E-state index contributed by atoms with van der Waals surface area (Å²) in [5.41, 5.74) is 10.9. The quantitative estimate of drug-likeness (QED) is 0.118. The molecule has 4 heterocycles. The van der Waals surface area contributed by atoms with E-state index >= 15 is 0 Å². The van der Waals surface area contributed by atoms with Gasteiger partial charge in [-0.25, -0.2) is 4.98 Å². The molecule has 10 rings (SSSR count). The zero-order valence-corrected chi connectivity index (χ0v) is 39.0. The van der Waals surface area contributed by atoms with Crippen molar-refractivity contribution in [2.75, 3.05) is 0 Å². The molecule has 6 aromatic carbocycles. The van der Waals surface area contributed by atoms with E-state index in [-0.39, 0.29) is 26.0 Å². The van der Waals surface area contributed by atoms with Crippen molar-refractivity contribution in [1.29, 1.82) is 0 Å². The van der Waals surface area contributed by atoms with Crippen LogP contribution in [0.3, 0.4) is 0 Å². The van der Waals surface area contributed by atoms with E-state index in [2.05, 4.69) is 135 Å². The van der Waals surface area contributed by atoms with Crippen LogP contribution in [-0.4, -0.2) is 32.8 Å². The number of para-hydroxylation sites is 2. The summed E-state index contributed by atoms with van der Waals surface area (Å²) in [6, 6.07) is 56.2. The van der Waals surface area contributed by atoms with Crippen molar-refractivity contribution in [1.82, 2.24) is 19.5 Å². The molecule has 0 fully saturated rings. The van der Waals surface area contributed by atoms with Crippen LogP contribution in [0.4, 0.5) is 0 Å². The van der Waals surface area contributed by atoms with Gasteiger partial charge in [0.1, 0.15) is 0 Å². The number of imidazole rings is 1. The van der Waals surface area contributed by atoms with Crippen LogP contribution < -0.4 is 4.40 Å². The number of aryl methyl sites for hydroxylation is 1. The van der Waals surface area contributed by atoms with Crippen LogP contribution in [0.2, 0.25) is 17.3 Å². The van der Waals surface area contributed by atoms with E-state index in [0.717, 1.165) is 87.9 Å². The number of hydrogen-bond donors (Lipinski definition) is 0. The Kier molecular flexibility index (Phi) is 11.0. The molecule has 7 heteroatoms. The second kappa shape index (κ2) is 17.1. The molecule has 0 amide bonds. The SMILES string of the molecule is Cc1ccc2c(n1)oc1c(-c3nc4ccccc4n3-c3c(-c4ccccc4)ccc4ccccc34)[c-]ccc12.[2H]C([2H])(c1cc(-c2[c-]cccc2)nc[c]1[Ge]([CH3])([CH3])[CH3])C(C)C.[Ir]. The first-order chi connectivity index (χ1) is 29.4. The molecule has 1 radical (unpaired) electrons. The van der Waals surface area contributed by atoms with Crippen LogP contribution in [0.15, 0.2) is 156 Å². The molecule has 60 heavy (non-hydrogen) atoms. The molecule has 0 atom stereocenters. The van der Waals surface area contributed by atoms with Gasteiger partial charge in [-0.1, -0.05) is 89.8 Å². The minimum absolute atomic E-state index is 0. The van der Waals surface area contributed by atoms with Gasteiger partial charge < -0.3 is 8.98 Å². The number of pyridine rings is 2. The maximum atomic E-state index is 8.56. The molecule has 0 saturated heterocycles. The van der Waals surface area contributed by atoms with Gasteiger partial charge in [0, 0.05) is 42.1 Å². The smallest absolute Gasteiger partial charge is 0 e. The van der Waals surface area contributed by atoms with Crippen molar-refractivity contribution in [2.24, 2.45) is 5.92 Å². The summed E-state index contributed by atoms with van der Waals surface area (Å²) in [7, 11) is 0. The van der Waals surface area contributed by atoms with Crippen LogP contribution in [0.25, 0.3) is 83.3 Å². The summed E-state index contributed by atoms with van der Waals surface area (Å²) in [5, 5.41) is 4.31. The first-order valence-corrected chi connectivity index (χ1v) is 27.5. The molecule has 0 unspecified atom stereocenters. The van der Waals surface area contributed by atoms with Gasteiger partial charge in [0.25, 0.3) is 0 Å². The Balaban J connectivity index is 0.000000197. The van der Waals surface area contributed by atoms with Crippen molar-refractivity contribution < 1.29 is 27.3 Å². The Morgan fingerprint density at radius 3 is 2.30 bits per heavy atom. The number of rotatable bonds is 7. The molecule has 0 spiro atoms. The van der Waals surface area contributed by atoms with Crippen LogP contribution in [-0.2, 0) is 26.5 Å². The summed E-state index contributed by atoms with van der Waals surface area (Å²) in [6.45, 7) is 5.85. The van der Waals surface area contributed by atoms with Gasteiger partial charge in [-0.15, -0.1) is 18.2 Å². The van der Waals surface area contributed by atoms with Crippen LogP contribution in [0.1, 0.15) is 27.8 Å². The molecule has 0 saturated carbocycles. The number of benzene rings is 6. The van der Waals surface area contributed by atoms with Crippen LogP contribution in [0, 0.1) is 25.0 Å².